The van der Waals surface area contributed by atoms with Crippen LogP contribution in [0.5, 0.6) is 0 Å². The molecule has 18 heavy (non-hydrogen) atoms. The highest BCUT2D eigenvalue weighted by Crippen LogP contribution is 2.37. The van der Waals surface area contributed by atoms with Crippen LogP contribution in [0.2, 0.25) is 0 Å². The normalized spacial score (nSPS) is 18.1. The first-order chi connectivity index (χ1) is 8.38. The minimum Gasteiger partial charge on any atom is -0.399 e. The van der Waals surface area contributed by atoms with Gasteiger partial charge in [-0.1, -0.05) is 0 Å². The quantitative estimate of drug-likeness (QED) is 0.783. The number of likely N-dealkylation sites (N-methyl/N-ethyl adjacent to an activating group) is 1. The molecule has 0 spiro atoms. The van der Waals surface area contributed by atoms with Crippen LogP contribution in [0, 0.1) is 0 Å². The van der Waals surface area contributed by atoms with E-state index in [2.05, 4.69) is 4.90 Å². The van der Waals surface area contributed by atoms with Gasteiger partial charge < -0.3 is 15.5 Å². The van der Waals surface area contributed by atoms with Gasteiger partial charge in [-0.15, -0.1) is 0 Å². The summed E-state index contributed by atoms with van der Waals surface area (Å²) in [4.78, 5) is 3.84. The largest absolute Gasteiger partial charge is 0.418 e. The molecule has 0 aliphatic carbocycles. The fourth-order valence-electron chi connectivity index (χ4n) is 2.10. The number of alkyl halides is 3. The Kier molecular flexibility index (Phi) is 3.38. The number of nitrogens with zero attached hydrogens (tertiary/aromatic N) is 2. The van der Waals surface area contributed by atoms with Crippen molar-refractivity contribution in [1.29, 1.82) is 0 Å². The maximum atomic E-state index is 12.9. The first-order valence-electron chi connectivity index (χ1n) is 5.78. The van der Waals surface area contributed by atoms with E-state index in [1.807, 2.05) is 7.05 Å². The third-order valence-electron chi connectivity index (χ3n) is 3.17. The van der Waals surface area contributed by atoms with Crippen LogP contribution in [0.3, 0.4) is 0 Å². The van der Waals surface area contributed by atoms with E-state index < -0.39 is 11.7 Å². The van der Waals surface area contributed by atoms with E-state index in [1.54, 1.807) is 4.90 Å². The minimum atomic E-state index is -4.34. The van der Waals surface area contributed by atoms with Gasteiger partial charge in [-0.2, -0.15) is 13.2 Å². The van der Waals surface area contributed by atoms with Crippen LogP contribution in [-0.4, -0.2) is 38.1 Å². The fraction of sp³-hybridized carbons (Fsp3) is 0.500. The zero-order valence-electron chi connectivity index (χ0n) is 10.2. The first kappa shape index (κ1) is 13.0. The molecule has 0 aromatic heterocycles. The van der Waals surface area contributed by atoms with Gasteiger partial charge in [-0.3, -0.25) is 0 Å². The van der Waals surface area contributed by atoms with Crippen molar-refractivity contribution in [2.75, 3.05) is 43.9 Å². The standard InChI is InChI=1S/C12H16F3N3/c1-17-4-6-18(7-5-17)11-8-9(16)2-3-10(11)12(13,14)15/h2-3,8H,4-7,16H2,1H3. The Hall–Kier alpha value is -1.43. The molecule has 0 saturated carbocycles. The summed E-state index contributed by atoms with van der Waals surface area (Å²) in [5.74, 6) is 0. The monoisotopic (exact) mass is 259 g/mol. The third kappa shape index (κ3) is 2.69. The molecule has 0 atom stereocenters. The molecule has 1 aromatic rings. The Morgan fingerprint density at radius 3 is 2.28 bits per heavy atom. The van der Waals surface area contributed by atoms with E-state index in [-0.39, 0.29) is 5.69 Å². The predicted octanol–water partition coefficient (Wildman–Crippen LogP) is 2.04. The van der Waals surface area contributed by atoms with E-state index in [1.165, 1.54) is 12.1 Å². The van der Waals surface area contributed by atoms with Gasteiger partial charge in [-0.25, -0.2) is 0 Å². The summed E-state index contributed by atoms with van der Waals surface area (Å²) in [6, 6.07) is 3.76. The average Bonchev–Trinajstić information content (AvgIpc) is 2.28. The molecule has 1 heterocycles. The molecule has 1 aliphatic rings. The van der Waals surface area contributed by atoms with Crippen molar-refractivity contribution in [2.45, 2.75) is 6.18 Å². The lowest BCUT2D eigenvalue weighted by Gasteiger charge is -2.35. The predicted molar refractivity (Wildman–Crippen MR) is 65.6 cm³/mol. The highest BCUT2D eigenvalue weighted by atomic mass is 19.4. The summed E-state index contributed by atoms with van der Waals surface area (Å²) in [5.41, 5.74) is 5.54. The summed E-state index contributed by atoms with van der Waals surface area (Å²) < 4.78 is 38.8. The van der Waals surface area contributed by atoms with E-state index in [0.717, 1.165) is 19.2 Å². The number of nitrogen functional groups attached to an aromatic ring is 1. The lowest BCUT2D eigenvalue weighted by Crippen LogP contribution is -2.45. The van der Waals surface area contributed by atoms with E-state index in [0.29, 0.717) is 18.8 Å². The molecule has 2 rings (SSSR count). The van der Waals surface area contributed by atoms with Crippen LogP contribution in [0.4, 0.5) is 24.5 Å². The van der Waals surface area contributed by atoms with Crippen LogP contribution in [0.15, 0.2) is 18.2 Å². The van der Waals surface area contributed by atoms with Crippen molar-refractivity contribution < 1.29 is 13.2 Å². The van der Waals surface area contributed by atoms with Crippen molar-refractivity contribution in [3.8, 4) is 0 Å². The third-order valence-corrected chi connectivity index (χ3v) is 3.17. The Balaban J connectivity index is 2.33. The number of anilines is 2. The number of halogens is 3. The Morgan fingerprint density at radius 2 is 1.72 bits per heavy atom. The van der Waals surface area contributed by atoms with E-state index >= 15 is 0 Å². The number of piperazine rings is 1. The molecule has 1 aromatic carbocycles. The van der Waals surface area contributed by atoms with Gasteiger partial charge in [0.1, 0.15) is 0 Å². The molecule has 6 heteroatoms. The summed E-state index contributed by atoms with van der Waals surface area (Å²) in [6.07, 6.45) is -4.34. The molecule has 1 aliphatic heterocycles. The van der Waals surface area contributed by atoms with Crippen LogP contribution in [0.1, 0.15) is 5.56 Å². The minimum absolute atomic E-state index is 0.190. The maximum absolute atomic E-state index is 12.9. The highest BCUT2D eigenvalue weighted by molar-refractivity contribution is 5.62. The molecular formula is C12H16F3N3. The summed E-state index contributed by atoms with van der Waals surface area (Å²) in [7, 11) is 1.96. The maximum Gasteiger partial charge on any atom is 0.418 e. The van der Waals surface area contributed by atoms with Gasteiger partial charge in [0.15, 0.2) is 0 Å². The molecule has 0 amide bonds. The van der Waals surface area contributed by atoms with Crippen molar-refractivity contribution in [3.05, 3.63) is 23.8 Å². The Labute approximate surface area is 104 Å². The van der Waals surface area contributed by atoms with Gasteiger partial charge in [0.2, 0.25) is 0 Å². The molecule has 0 bridgehead atoms. The highest BCUT2D eigenvalue weighted by Gasteiger charge is 2.35. The topological polar surface area (TPSA) is 32.5 Å². The number of hydrogen-bond donors (Lipinski definition) is 1. The first-order valence-corrected chi connectivity index (χ1v) is 5.78. The van der Waals surface area contributed by atoms with Gasteiger partial charge in [0.05, 0.1) is 11.3 Å². The zero-order chi connectivity index (χ0) is 13.3. The van der Waals surface area contributed by atoms with Crippen LogP contribution in [-0.2, 0) is 6.18 Å². The average molecular weight is 259 g/mol. The van der Waals surface area contributed by atoms with Crippen LogP contribution < -0.4 is 10.6 Å². The SMILES string of the molecule is CN1CCN(c2cc(N)ccc2C(F)(F)F)CC1. The molecular weight excluding hydrogens is 243 g/mol. The molecule has 3 nitrogen and oxygen atoms in total. The number of rotatable bonds is 1. The van der Waals surface area contributed by atoms with E-state index in [4.69, 9.17) is 5.73 Å². The van der Waals surface area contributed by atoms with Crippen molar-refractivity contribution in [3.63, 3.8) is 0 Å². The molecule has 1 fully saturated rings. The van der Waals surface area contributed by atoms with Gasteiger partial charge in [0.25, 0.3) is 0 Å². The number of benzene rings is 1. The lowest BCUT2D eigenvalue weighted by molar-refractivity contribution is -0.137. The molecule has 2 N–H and O–H groups in total. The van der Waals surface area contributed by atoms with Crippen LogP contribution in [0.25, 0.3) is 0 Å². The summed E-state index contributed by atoms with van der Waals surface area (Å²) >= 11 is 0. The molecule has 0 unspecified atom stereocenters. The summed E-state index contributed by atoms with van der Waals surface area (Å²) in [6.45, 7) is 2.68. The van der Waals surface area contributed by atoms with Crippen molar-refractivity contribution in [2.24, 2.45) is 0 Å². The summed E-state index contributed by atoms with van der Waals surface area (Å²) in [5, 5.41) is 0. The van der Waals surface area contributed by atoms with Crippen molar-refractivity contribution >= 4 is 11.4 Å². The Morgan fingerprint density at radius 1 is 1.11 bits per heavy atom. The second-order valence-corrected chi connectivity index (χ2v) is 4.56. The van der Waals surface area contributed by atoms with Crippen molar-refractivity contribution in [1.82, 2.24) is 4.90 Å². The van der Waals surface area contributed by atoms with Gasteiger partial charge >= 0.3 is 6.18 Å². The zero-order valence-corrected chi connectivity index (χ0v) is 10.2. The molecule has 1 saturated heterocycles. The van der Waals surface area contributed by atoms with Gasteiger partial charge in [-0.05, 0) is 25.2 Å². The molecule has 0 radical (unpaired) electrons. The smallest absolute Gasteiger partial charge is 0.399 e. The number of hydrogen-bond acceptors (Lipinski definition) is 3. The number of nitrogens with two attached hydrogens (primary N) is 1. The van der Waals surface area contributed by atoms with E-state index in [9.17, 15) is 13.2 Å². The lowest BCUT2D eigenvalue weighted by atomic mass is 10.1. The fourth-order valence-corrected chi connectivity index (χ4v) is 2.10. The van der Waals surface area contributed by atoms with Crippen LogP contribution >= 0.6 is 0 Å². The van der Waals surface area contributed by atoms with Gasteiger partial charge in [0, 0.05) is 31.9 Å². The second kappa shape index (κ2) is 4.68. The molecule has 100 valence electrons. The second-order valence-electron chi connectivity index (χ2n) is 4.56. The Bertz CT molecular complexity index is 423.